The van der Waals surface area contributed by atoms with Gasteiger partial charge in [-0.25, -0.2) is 9.97 Å². The van der Waals surface area contributed by atoms with Crippen molar-refractivity contribution in [2.24, 2.45) is 5.73 Å². The van der Waals surface area contributed by atoms with E-state index in [1.54, 1.807) is 18.5 Å². The van der Waals surface area contributed by atoms with Crippen LogP contribution in [0.4, 0.5) is 0 Å². The normalized spacial score (nSPS) is 14.3. The number of aromatic amines is 2. The predicted molar refractivity (Wildman–Crippen MR) is 114 cm³/mol. The lowest BCUT2D eigenvalue weighted by Gasteiger charge is -2.10. The average molecular weight is 416 g/mol. The second kappa shape index (κ2) is 7.37. The molecule has 9 nitrogen and oxygen atoms in total. The minimum absolute atomic E-state index is 0.0805. The molecule has 4 heterocycles. The molecule has 156 valence electrons. The van der Waals surface area contributed by atoms with Crippen molar-refractivity contribution < 1.29 is 14.7 Å². The lowest BCUT2D eigenvalue weighted by Crippen LogP contribution is -2.32. The standard InChI is InChI=1S/C22H20N6O3/c23-15(22(30)31)8-12-10-26-16-2-1-11(7-13(12)16)20-24-5-4-18(28-20)19-9-14-17(27-19)3-6-25-21(14)29/h1-2,4-5,7,9-10,15,26-27H,3,6,8,23H2,(H,25,29)(H,30,31)/t15-/m0/s1. The summed E-state index contributed by atoms with van der Waals surface area (Å²) in [5.74, 6) is -0.585. The maximum absolute atomic E-state index is 12.1. The van der Waals surface area contributed by atoms with Crippen LogP contribution in [-0.2, 0) is 17.6 Å². The van der Waals surface area contributed by atoms with E-state index in [-0.39, 0.29) is 12.3 Å². The number of carboxylic acids is 1. The molecule has 0 saturated heterocycles. The van der Waals surface area contributed by atoms with Gasteiger partial charge in [0.15, 0.2) is 5.82 Å². The number of benzene rings is 1. The minimum Gasteiger partial charge on any atom is -0.480 e. The summed E-state index contributed by atoms with van der Waals surface area (Å²) in [5, 5.41) is 12.8. The van der Waals surface area contributed by atoms with Crippen molar-refractivity contribution in [3.05, 3.63) is 59.5 Å². The minimum atomic E-state index is -1.04. The molecule has 6 N–H and O–H groups in total. The number of nitrogens with two attached hydrogens (primary N) is 1. The van der Waals surface area contributed by atoms with E-state index in [0.29, 0.717) is 23.6 Å². The molecule has 0 aliphatic carbocycles. The van der Waals surface area contributed by atoms with E-state index in [1.165, 1.54) is 0 Å². The molecule has 4 aromatic rings. The molecule has 0 spiro atoms. The maximum atomic E-state index is 12.1. The quantitative estimate of drug-likeness (QED) is 0.335. The lowest BCUT2D eigenvalue weighted by molar-refractivity contribution is -0.138. The van der Waals surface area contributed by atoms with E-state index >= 15 is 0 Å². The van der Waals surface area contributed by atoms with Crippen molar-refractivity contribution >= 4 is 22.8 Å². The zero-order valence-corrected chi connectivity index (χ0v) is 16.5. The molecule has 31 heavy (non-hydrogen) atoms. The molecule has 5 rings (SSSR count). The number of aliphatic carboxylic acids is 1. The predicted octanol–water partition coefficient (Wildman–Crippen LogP) is 1.86. The van der Waals surface area contributed by atoms with Crippen LogP contribution in [0.5, 0.6) is 0 Å². The SMILES string of the molecule is N[C@@H](Cc1c[nH]c2ccc(-c3nccc(-c4cc5c([nH]4)CCNC5=O)n3)cc12)C(=O)O. The van der Waals surface area contributed by atoms with E-state index in [4.69, 9.17) is 10.8 Å². The number of carbonyl (C=O) groups is 2. The monoisotopic (exact) mass is 416 g/mol. The molecular formula is C22H20N6O3. The number of carbonyl (C=O) groups excluding carboxylic acids is 1. The van der Waals surface area contributed by atoms with Gasteiger partial charge < -0.3 is 26.1 Å². The molecule has 0 saturated carbocycles. The van der Waals surface area contributed by atoms with E-state index in [9.17, 15) is 9.59 Å². The Balaban J connectivity index is 1.51. The van der Waals surface area contributed by atoms with Crippen molar-refractivity contribution in [2.45, 2.75) is 18.9 Å². The number of H-pyrrole nitrogens is 2. The maximum Gasteiger partial charge on any atom is 0.320 e. The highest BCUT2D eigenvalue weighted by Gasteiger charge is 2.21. The molecule has 0 bridgehead atoms. The topological polar surface area (TPSA) is 150 Å². The molecule has 0 unspecified atom stereocenters. The van der Waals surface area contributed by atoms with Crippen LogP contribution in [0.2, 0.25) is 0 Å². The van der Waals surface area contributed by atoms with Crippen molar-refractivity contribution in [3.8, 4) is 22.8 Å². The summed E-state index contributed by atoms with van der Waals surface area (Å²) in [6.45, 7) is 0.616. The molecule has 1 aromatic carbocycles. The molecule has 1 amide bonds. The summed E-state index contributed by atoms with van der Waals surface area (Å²) >= 11 is 0. The van der Waals surface area contributed by atoms with Gasteiger partial charge in [-0.2, -0.15) is 0 Å². The Morgan fingerprint density at radius 3 is 2.94 bits per heavy atom. The van der Waals surface area contributed by atoms with Crippen LogP contribution in [0.15, 0.2) is 42.7 Å². The van der Waals surface area contributed by atoms with Gasteiger partial charge in [0.2, 0.25) is 0 Å². The summed E-state index contributed by atoms with van der Waals surface area (Å²) < 4.78 is 0. The first-order valence-corrected chi connectivity index (χ1v) is 9.92. The smallest absolute Gasteiger partial charge is 0.320 e. The number of carboxylic acid groups (broad SMARTS) is 1. The summed E-state index contributed by atoms with van der Waals surface area (Å²) in [6, 6.07) is 8.39. The summed E-state index contributed by atoms with van der Waals surface area (Å²) in [4.78, 5) is 38.7. The van der Waals surface area contributed by atoms with Crippen molar-refractivity contribution in [3.63, 3.8) is 0 Å². The fourth-order valence-corrected chi connectivity index (χ4v) is 3.89. The Labute approximate surface area is 176 Å². The van der Waals surface area contributed by atoms with Gasteiger partial charge in [0.25, 0.3) is 5.91 Å². The van der Waals surface area contributed by atoms with Crippen LogP contribution in [0.25, 0.3) is 33.7 Å². The first-order valence-electron chi connectivity index (χ1n) is 9.92. The van der Waals surface area contributed by atoms with E-state index in [0.717, 1.165) is 39.8 Å². The molecule has 0 radical (unpaired) electrons. The first-order chi connectivity index (χ1) is 15.0. The Kier molecular flexibility index (Phi) is 4.52. The highest BCUT2D eigenvalue weighted by Crippen LogP contribution is 2.27. The third-order valence-electron chi connectivity index (χ3n) is 5.52. The highest BCUT2D eigenvalue weighted by atomic mass is 16.4. The second-order valence-electron chi connectivity index (χ2n) is 7.57. The fraction of sp³-hybridized carbons (Fsp3) is 0.182. The Bertz CT molecular complexity index is 1320. The number of nitrogens with one attached hydrogen (secondary N) is 3. The highest BCUT2D eigenvalue weighted by molar-refractivity contribution is 5.97. The van der Waals surface area contributed by atoms with Gasteiger partial charge >= 0.3 is 5.97 Å². The van der Waals surface area contributed by atoms with Crippen LogP contribution in [-0.4, -0.2) is 49.5 Å². The van der Waals surface area contributed by atoms with E-state index < -0.39 is 12.0 Å². The number of rotatable bonds is 5. The van der Waals surface area contributed by atoms with Gasteiger partial charge in [-0.1, -0.05) is 0 Å². The Hall–Kier alpha value is -3.98. The third-order valence-corrected chi connectivity index (χ3v) is 5.52. The van der Waals surface area contributed by atoms with E-state index in [1.807, 2.05) is 24.3 Å². The van der Waals surface area contributed by atoms with Gasteiger partial charge in [0.1, 0.15) is 6.04 Å². The molecule has 0 fully saturated rings. The molecule has 1 atom stereocenters. The summed E-state index contributed by atoms with van der Waals surface area (Å²) in [7, 11) is 0. The lowest BCUT2D eigenvalue weighted by atomic mass is 10.0. The summed E-state index contributed by atoms with van der Waals surface area (Å²) in [6.07, 6.45) is 4.43. The number of hydrogen-bond donors (Lipinski definition) is 5. The zero-order valence-electron chi connectivity index (χ0n) is 16.5. The number of nitrogens with zero attached hydrogens (tertiary/aromatic N) is 2. The van der Waals surface area contributed by atoms with Gasteiger partial charge in [-0.05, 0) is 35.9 Å². The van der Waals surface area contributed by atoms with Crippen LogP contribution in [0, 0.1) is 0 Å². The second-order valence-corrected chi connectivity index (χ2v) is 7.57. The van der Waals surface area contributed by atoms with Crippen LogP contribution >= 0.6 is 0 Å². The number of fused-ring (bicyclic) bond motifs is 2. The van der Waals surface area contributed by atoms with Gasteiger partial charge in [0, 0.05) is 53.9 Å². The number of aromatic nitrogens is 4. The fourth-order valence-electron chi connectivity index (χ4n) is 3.89. The van der Waals surface area contributed by atoms with Crippen LogP contribution < -0.4 is 11.1 Å². The largest absolute Gasteiger partial charge is 0.480 e. The van der Waals surface area contributed by atoms with E-state index in [2.05, 4.69) is 25.3 Å². The molecule has 3 aromatic heterocycles. The Morgan fingerprint density at radius 2 is 2.13 bits per heavy atom. The van der Waals surface area contributed by atoms with Crippen LogP contribution in [0.3, 0.4) is 0 Å². The molecule has 1 aliphatic heterocycles. The molecule has 1 aliphatic rings. The Morgan fingerprint density at radius 1 is 1.26 bits per heavy atom. The van der Waals surface area contributed by atoms with Crippen molar-refractivity contribution in [2.75, 3.05) is 6.54 Å². The third kappa shape index (κ3) is 3.44. The van der Waals surface area contributed by atoms with Gasteiger partial charge in [-0.15, -0.1) is 0 Å². The first kappa shape index (κ1) is 19.0. The number of hydrogen-bond acceptors (Lipinski definition) is 5. The van der Waals surface area contributed by atoms with Gasteiger partial charge in [-0.3, -0.25) is 9.59 Å². The average Bonchev–Trinajstić information content (AvgIpc) is 3.39. The number of amides is 1. The summed E-state index contributed by atoms with van der Waals surface area (Å²) in [5.41, 5.74) is 11.2. The molecule has 9 heteroatoms. The van der Waals surface area contributed by atoms with Crippen molar-refractivity contribution in [1.29, 1.82) is 0 Å². The zero-order chi connectivity index (χ0) is 21.5. The van der Waals surface area contributed by atoms with Crippen molar-refractivity contribution in [1.82, 2.24) is 25.3 Å². The van der Waals surface area contributed by atoms with Gasteiger partial charge in [0.05, 0.1) is 17.0 Å². The van der Waals surface area contributed by atoms with Crippen LogP contribution in [0.1, 0.15) is 21.6 Å². The molecular weight excluding hydrogens is 396 g/mol.